The molecular weight excluding hydrogens is 287 g/mol. The van der Waals surface area contributed by atoms with Crippen LogP contribution in [-0.4, -0.2) is 17.2 Å². The minimum Gasteiger partial charge on any atom is -0.379 e. The van der Waals surface area contributed by atoms with Gasteiger partial charge >= 0.3 is 0 Å². The summed E-state index contributed by atoms with van der Waals surface area (Å²) in [7, 11) is -0.0372. The lowest BCUT2D eigenvalue weighted by Gasteiger charge is -2.00. The highest BCUT2D eigenvalue weighted by Gasteiger charge is 2.19. The van der Waals surface area contributed by atoms with Crippen molar-refractivity contribution in [1.82, 2.24) is 0 Å². The Hall–Kier alpha value is -1.73. The van der Waals surface area contributed by atoms with E-state index in [1.54, 1.807) is 13.1 Å². The van der Waals surface area contributed by atoms with Gasteiger partial charge in [-0.25, -0.2) is 8.60 Å². The molecule has 1 atom stereocenters. The lowest BCUT2D eigenvalue weighted by Crippen LogP contribution is -2.11. The molecule has 0 aliphatic rings. The quantitative estimate of drug-likeness (QED) is 0.909. The summed E-state index contributed by atoms with van der Waals surface area (Å²) in [5.41, 5.74) is 5.48. The number of hydrogen-bond donors (Lipinski definition) is 2. The highest BCUT2D eigenvalue weighted by atomic mass is 32.2. The fraction of sp³-hybridized carbons (Fsp3) is 0.0833. The van der Waals surface area contributed by atoms with Crippen molar-refractivity contribution in [2.45, 2.75) is 9.10 Å². The van der Waals surface area contributed by atoms with Crippen LogP contribution >= 0.6 is 11.3 Å². The van der Waals surface area contributed by atoms with Crippen LogP contribution in [0, 0.1) is 5.82 Å². The maximum absolute atomic E-state index is 13.6. The van der Waals surface area contributed by atoms with Crippen LogP contribution in [0.2, 0.25) is 0 Å². The molecule has 1 heterocycles. The second kappa shape index (κ2) is 5.50. The van der Waals surface area contributed by atoms with Crippen LogP contribution in [0.4, 0.5) is 9.39 Å². The van der Waals surface area contributed by atoms with Gasteiger partial charge in [-0.2, -0.15) is 0 Å². The van der Waals surface area contributed by atoms with E-state index >= 15 is 0 Å². The van der Waals surface area contributed by atoms with Gasteiger partial charge in [0, 0.05) is 7.05 Å². The molecule has 1 amide bonds. The zero-order chi connectivity index (χ0) is 14.0. The average Bonchev–Trinajstić information content (AvgIpc) is 2.83. The van der Waals surface area contributed by atoms with Crippen molar-refractivity contribution in [3.8, 4) is 0 Å². The number of rotatable bonds is 4. The van der Waals surface area contributed by atoms with E-state index in [0.29, 0.717) is 9.21 Å². The maximum atomic E-state index is 13.6. The predicted molar refractivity (Wildman–Crippen MR) is 73.5 cm³/mol. The molecule has 0 radical (unpaired) electrons. The van der Waals surface area contributed by atoms with Crippen LogP contribution in [0.3, 0.4) is 0 Å². The van der Waals surface area contributed by atoms with Crippen molar-refractivity contribution in [3.63, 3.8) is 0 Å². The van der Waals surface area contributed by atoms with Gasteiger partial charge in [0.25, 0.3) is 5.91 Å². The number of amides is 1. The van der Waals surface area contributed by atoms with E-state index in [2.05, 4.69) is 5.32 Å². The van der Waals surface area contributed by atoms with E-state index in [1.807, 2.05) is 0 Å². The molecule has 2 rings (SSSR count). The molecule has 0 saturated carbocycles. The molecule has 0 saturated heterocycles. The lowest BCUT2D eigenvalue weighted by atomic mass is 10.3. The summed E-state index contributed by atoms with van der Waals surface area (Å²) in [4.78, 5) is 11.3. The largest absolute Gasteiger partial charge is 0.379 e. The Morgan fingerprint density at radius 1 is 1.42 bits per heavy atom. The summed E-state index contributed by atoms with van der Waals surface area (Å²) in [5, 5.41) is 3.33. The molecular formula is C12H11FN2O2S2. The minimum absolute atomic E-state index is 0.0856. The van der Waals surface area contributed by atoms with Gasteiger partial charge in [0.2, 0.25) is 0 Å². The second-order valence-corrected chi connectivity index (χ2v) is 6.35. The normalized spacial score (nSPS) is 12.1. The Morgan fingerprint density at radius 3 is 2.63 bits per heavy atom. The van der Waals surface area contributed by atoms with Crippen LogP contribution in [0.1, 0.15) is 10.4 Å². The molecule has 0 bridgehead atoms. The Labute approximate surface area is 115 Å². The molecule has 1 aromatic heterocycles. The molecule has 19 heavy (non-hydrogen) atoms. The first-order valence-corrected chi connectivity index (χ1v) is 7.29. The number of primary amides is 1. The van der Waals surface area contributed by atoms with Crippen LogP contribution in [-0.2, 0) is 10.8 Å². The van der Waals surface area contributed by atoms with Crippen molar-refractivity contribution in [2.75, 3.05) is 12.4 Å². The smallest absolute Gasteiger partial charge is 0.251 e. The Kier molecular flexibility index (Phi) is 3.96. The monoisotopic (exact) mass is 298 g/mol. The molecule has 1 aromatic carbocycles. The third kappa shape index (κ3) is 2.66. The molecule has 7 heteroatoms. The number of carbonyl (C=O) groups excluding carboxylic acids is 1. The standard InChI is InChI=1S/C12H11FN2O2S2/c1-15-12-7(11(14)16)6-10(18-12)19(17)9-5-3-2-4-8(9)13/h2-6,15H,1H3,(H2,14,16). The Bertz CT molecular complexity index is 655. The highest BCUT2D eigenvalue weighted by Crippen LogP contribution is 2.32. The fourth-order valence-corrected chi connectivity index (χ4v) is 3.99. The van der Waals surface area contributed by atoms with Crippen molar-refractivity contribution in [1.29, 1.82) is 0 Å². The van der Waals surface area contributed by atoms with E-state index in [4.69, 9.17) is 5.73 Å². The minimum atomic E-state index is -1.67. The van der Waals surface area contributed by atoms with Gasteiger partial charge in [0.05, 0.1) is 25.5 Å². The molecule has 100 valence electrons. The zero-order valence-electron chi connectivity index (χ0n) is 9.98. The van der Waals surface area contributed by atoms with Crippen LogP contribution < -0.4 is 11.1 Å². The van der Waals surface area contributed by atoms with E-state index < -0.39 is 22.5 Å². The van der Waals surface area contributed by atoms with Gasteiger partial charge in [0.15, 0.2) is 0 Å². The summed E-state index contributed by atoms with van der Waals surface area (Å²) in [6, 6.07) is 7.26. The number of benzene rings is 1. The summed E-state index contributed by atoms with van der Waals surface area (Å²) in [6.07, 6.45) is 0. The fourth-order valence-electron chi connectivity index (χ4n) is 1.53. The number of nitrogens with one attached hydrogen (secondary N) is 1. The maximum Gasteiger partial charge on any atom is 0.251 e. The summed E-state index contributed by atoms with van der Waals surface area (Å²) >= 11 is 1.12. The first-order chi connectivity index (χ1) is 9.04. The van der Waals surface area contributed by atoms with E-state index in [1.165, 1.54) is 24.3 Å². The lowest BCUT2D eigenvalue weighted by molar-refractivity contribution is 0.100. The van der Waals surface area contributed by atoms with Crippen LogP contribution in [0.5, 0.6) is 0 Å². The van der Waals surface area contributed by atoms with E-state index in [-0.39, 0.29) is 10.5 Å². The molecule has 0 fully saturated rings. The van der Waals surface area contributed by atoms with Crippen molar-refractivity contribution < 1.29 is 13.4 Å². The van der Waals surface area contributed by atoms with E-state index in [9.17, 15) is 13.4 Å². The predicted octanol–water partition coefficient (Wildman–Crippen LogP) is 2.19. The van der Waals surface area contributed by atoms with Crippen LogP contribution in [0.15, 0.2) is 39.4 Å². The molecule has 0 aliphatic heterocycles. The van der Waals surface area contributed by atoms with Gasteiger partial charge in [-0.05, 0) is 18.2 Å². The highest BCUT2D eigenvalue weighted by molar-refractivity contribution is 7.87. The zero-order valence-corrected chi connectivity index (χ0v) is 11.6. The molecule has 0 aliphatic carbocycles. The van der Waals surface area contributed by atoms with Gasteiger partial charge in [-0.3, -0.25) is 4.79 Å². The number of anilines is 1. The second-order valence-electron chi connectivity index (χ2n) is 3.62. The third-order valence-corrected chi connectivity index (χ3v) is 5.29. The summed E-state index contributed by atoms with van der Waals surface area (Å²) < 4.78 is 26.2. The van der Waals surface area contributed by atoms with E-state index in [0.717, 1.165) is 11.3 Å². The third-order valence-electron chi connectivity index (χ3n) is 2.42. The van der Waals surface area contributed by atoms with Crippen LogP contribution in [0.25, 0.3) is 0 Å². The van der Waals surface area contributed by atoms with Crippen molar-refractivity contribution in [3.05, 3.63) is 41.7 Å². The van der Waals surface area contributed by atoms with Crippen molar-refractivity contribution >= 4 is 33.0 Å². The molecule has 2 aromatic rings. The first kappa shape index (κ1) is 13.7. The SMILES string of the molecule is CNc1sc(S(=O)c2ccccc2F)cc1C(N)=O. The Balaban J connectivity index is 2.46. The molecule has 0 spiro atoms. The molecule has 4 nitrogen and oxygen atoms in total. The number of carbonyl (C=O) groups is 1. The summed E-state index contributed by atoms with van der Waals surface area (Å²) in [5.74, 6) is -1.15. The number of thiophene rings is 1. The first-order valence-electron chi connectivity index (χ1n) is 5.32. The number of hydrogen-bond acceptors (Lipinski definition) is 4. The van der Waals surface area contributed by atoms with Gasteiger partial charge in [0.1, 0.15) is 10.8 Å². The topological polar surface area (TPSA) is 72.2 Å². The van der Waals surface area contributed by atoms with Gasteiger partial charge in [-0.1, -0.05) is 12.1 Å². The Morgan fingerprint density at radius 2 is 2.11 bits per heavy atom. The number of halogens is 1. The van der Waals surface area contributed by atoms with Gasteiger partial charge in [-0.15, -0.1) is 11.3 Å². The summed E-state index contributed by atoms with van der Waals surface area (Å²) in [6.45, 7) is 0. The van der Waals surface area contributed by atoms with Crippen molar-refractivity contribution in [2.24, 2.45) is 5.73 Å². The average molecular weight is 298 g/mol. The number of nitrogens with two attached hydrogens (primary N) is 1. The molecule has 1 unspecified atom stereocenters. The molecule has 3 N–H and O–H groups in total. The van der Waals surface area contributed by atoms with Gasteiger partial charge < -0.3 is 11.1 Å².